The Hall–Kier alpha value is -4.14. The normalized spacial score (nSPS) is 17.0. The lowest BCUT2D eigenvalue weighted by atomic mass is 9.91. The van der Waals surface area contributed by atoms with Crippen molar-refractivity contribution in [1.82, 2.24) is 20.5 Å². The summed E-state index contributed by atoms with van der Waals surface area (Å²) in [4.78, 5) is 48.2. The van der Waals surface area contributed by atoms with Gasteiger partial charge in [-0.05, 0) is 63.1 Å². The largest absolute Gasteiger partial charge is 0.377 e. The predicted molar refractivity (Wildman–Crippen MR) is 178 cm³/mol. The minimum Gasteiger partial charge on any atom is -0.377 e. The van der Waals surface area contributed by atoms with E-state index in [-0.39, 0.29) is 42.6 Å². The summed E-state index contributed by atoms with van der Waals surface area (Å²) in [6, 6.07) is 18.8. The number of benzene rings is 2. The molecule has 0 radical (unpaired) electrons. The minimum atomic E-state index is -0.756. The number of rotatable bonds is 14. The Morgan fingerprint density at radius 2 is 1.52 bits per heavy atom. The monoisotopic (exact) mass is 600 g/mol. The number of anilines is 2. The summed E-state index contributed by atoms with van der Waals surface area (Å²) in [6.45, 7) is 5.31. The van der Waals surface area contributed by atoms with Gasteiger partial charge in [0.05, 0.1) is 5.52 Å². The fraction of sp³-hybridized carbons (Fsp3) is 0.486. The second-order valence-corrected chi connectivity index (χ2v) is 12.0. The first kappa shape index (κ1) is 32.8. The van der Waals surface area contributed by atoms with Crippen molar-refractivity contribution in [3.8, 4) is 0 Å². The van der Waals surface area contributed by atoms with E-state index < -0.39 is 6.04 Å². The van der Waals surface area contributed by atoms with Crippen molar-refractivity contribution in [2.45, 2.75) is 83.3 Å². The van der Waals surface area contributed by atoms with Gasteiger partial charge in [-0.3, -0.25) is 14.4 Å². The zero-order valence-electron chi connectivity index (χ0n) is 26.6. The third-order valence-electron chi connectivity index (χ3n) is 8.22. The smallest absolute Gasteiger partial charge is 0.251 e. The number of hydrogen-bond donors (Lipinski definition) is 3. The van der Waals surface area contributed by atoms with Crippen LogP contribution in [-0.2, 0) is 9.59 Å². The number of nitrogens with zero attached hydrogens (tertiary/aromatic N) is 3. The highest BCUT2D eigenvalue weighted by Crippen LogP contribution is 2.29. The summed E-state index contributed by atoms with van der Waals surface area (Å²) >= 11 is 0. The summed E-state index contributed by atoms with van der Waals surface area (Å²) in [6.07, 6.45) is 5.67. The molecule has 2 aromatic carbocycles. The Bertz CT molecular complexity index is 1380. The van der Waals surface area contributed by atoms with Gasteiger partial charge < -0.3 is 25.8 Å². The van der Waals surface area contributed by atoms with E-state index in [9.17, 15) is 14.4 Å². The molecule has 9 nitrogen and oxygen atoms in total. The van der Waals surface area contributed by atoms with Crippen molar-refractivity contribution in [2.75, 3.05) is 37.4 Å². The van der Waals surface area contributed by atoms with Crippen molar-refractivity contribution in [1.29, 1.82) is 0 Å². The third kappa shape index (κ3) is 8.94. The van der Waals surface area contributed by atoms with Crippen LogP contribution in [0.25, 0.3) is 10.9 Å². The van der Waals surface area contributed by atoms with Gasteiger partial charge in [0.15, 0.2) is 0 Å². The molecule has 0 saturated heterocycles. The molecule has 1 aliphatic rings. The number of carbonyl (C=O) groups is 3. The van der Waals surface area contributed by atoms with Crippen LogP contribution in [-0.4, -0.2) is 72.9 Å². The van der Waals surface area contributed by atoms with Crippen molar-refractivity contribution in [2.24, 2.45) is 0 Å². The zero-order chi connectivity index (χ0) is 31.5. The lowest BCUT2D eigenvalue weighted by molar-refractivity contribution is -0.133. The summed E-state index contributed by atoms with van der Waals surface area (Å²) in [7, 11) is 4.09. The van der Waals surface area contributed by atoms with Gasteiger partial charge in [0.2, 0.25) is 11.8 Å². The molecule has 236 valence electrons. The van der Waals surface area contributed by atoms with Gasteiger partial charge >= 0.3 is 0 Å². The van der Waals surface area contributed by atoms with Crippen LogP contribution in [0.5, 0.6) is 0 Å². The lowest BCUT2D eigenvalue weighted by Gasteiger charge is -2.31. The zero-order valence-corrected chi connectivity index (χ0v) is 26.6. The van der Waals surface area contributed by atoms with E-state index in [4.69, 9.17) is 4.98 Å². The van der Waals surface area contributed by atoms with E-state index in [1.165, 1.54) is 0 Å². The van der Waals surface area contributed by atoms with Crippen molar-refractivity contribution < 1.29 is 14.4 Å². The Kier molecular flexibility index (Phi) is 12.0. The van der Waals surface area contributed by atoms with E-state index in [1.54, 1.807) is 29.2 Å². The molecule has 3 amide bonds. The molecule has 0 spiro atoms. The second-order valence-electron chi connectivity index (χ2n) is 12.0. The molecule has 1 aromatic heterocycles. The fourth-order valence-electron chi connectivity index (χ4n) is 5.95. The van der Waals surface area contributed by atoms with E-state index in [0.29, 0.717) is 18.7 Å². The first-order valence-electron chi connectivity index (χ1n) is 16.1. The number of para-hydroxylation sites is 1. The fourth-order valence-corrected chi connectivity index (χ4v) is 5.95. The van der Waals surface area contributed by atoms with E-state index in [2.05, 4.69) is 33.0 Å². The van der Waals surface area contributed by atoms with Crippen LogP contribution in [0.15, 0.2) is 60.7 Å². The molecule has 1 saturated carbocycles. The maximum atomic E-state index is 13.5. The topological polar surface area (TPSA) is 107 Å². The van der Waals surface area contributed by atoms with Gasteiger partial charge in [-0.2, -0.15) is 0 Å². The number of amides is 3. The first-order valence-corrected chi connectivity index (χ1v) is 16.1. The van der Waals surface area contributed by atoms with E-state index in [0.717, 1.165) is 60.9 Å². The molecule has 44 heavy (non-hydrogen) atoms. The molecule has 4 rings (SSSR count). The standard InChI is InChI=1S/C35H48N6O3/c1-5-22-41(23-6-2)35(44)30(39-34(43)25-12-8-7-9-13-25)20-21-33(42)37-27-18-16-26(17-19-27)36-32-24-31(40(3)4)28-14-10-11-15-29(28)38-32/h7-15,24,26-27,30H,5-6,16-23H2,1-4H3,(H,36,38)(H,37,42)(H,39,43). The number of carbonyl (C=O) groups excluding carboxylic acids is 3. The van der Waals surface area contributed by atoms with Gasteiger partial charge in [-0.25, -0.2) is 4.98 Å². The Morgan fingerprint density at radius 1 is 0.886 bits per heavy atom. The predicted octanol–water partition coefficient (Wildman–Crippen LogP) is 5.37. The van der Waals surface area contributed by atoms with Crippen LogP contribution in [0.1, 0.15) is 75.6 Å². The number of fused-ring (bicyclic) bond motifs is 1. The highest BCUT2D eigenvalue weighted by atomic mass is 16.2. The molecular formula is C35H48N6O3. The Labute approximate surface area is 261 Å². The van der Waals surface area contributed by atoms with Gasteiger partial charge in [-0.15, -0.1) is 0 Å². The minimum absolute atomic E-state index is 0.0856. The molecule has 1 unspecified atom stereocenters. The van der Waals surface area contributed by atoms with Crippen molar-refractivity contribution in [3.05, 3.63) is 66.2 Å². The van der Waals surface area contributed by atoms with Gasteiger partial charge in [0, 0.05) is 68.4 Å². The number of hydrogen-bond acceptors (Lipinski definition) is 6. The molecule has 1 heterocycles. The SMILES string of the molecule is CCCN(CCC)C(=O)C(CCC(=O)NC1CCC(Nc2cc(N(C)C)c3ccccc3n2)CC1)NC(=O)c1ccccc1. The quantitative estimate of drug-likeness (QED) is 0.230. The Balaban J connectivity index is 1.31. The van der Waals surface area contributed by atoms with Crippen LogP contribution >= 0.6 is 0 Å². The lowest BCUT2D eigenvalue weighted by Crippen LogP contribution is -2.49. The number of nitrogens with one attached hydrogen (secondary N) is 3. The average molecular weight is 601 g/mol. The molecule has 9 heteroatoms. The molecule has 1 fully saturated rings. The maximum absolute atomic E-state index is 13.5. The molecule has 0 aliphatic heterocycles. The van der Waals surface area contributed by atoms with Crippen molar-refractivity contribution in [3.63, 3.8) is 0 Å². The van der Waals surface area contributed by atoms with Crippen LogP contribution in [0, 0.1) is 0 Å². The second kappa shape index (κ2) is 16.1. The van der Waals surface area contributed by atoms with Crippen LogP contribution in [0.2, 0.25) is 0 Å². The molecule has 3 aromatic rings. The Morgan fingerprint density at radius 3 is 2.18 bits per heavy atom. The van der Waals surface area contributed by atoms with Crippen LogP contribution < -0.4 is 20.9 Å². The van der Waals surface area contributed by atoms with Gasteiger partial charge in [0.1, 0.15) is 11.9 Å². The van der Waals surface area contributed by atoms with Crippen LogP contribution in [0.4, 0.5) is 11.5 Å². The molecule has 3 N–H and O–H groups in total. The molecular weight excluding hydrogens is 552 g/mol. The van der Waals surface area contributed by atoms with E-state index >= 15 is 0 Å². The molecule has 1 aliphatic carbocycles. The first-order chi connectivity index (χ1) is 21.3. The average Bonchev–Trinajstić information content (AvgIpc) is 3.03. The van der Waals surface area contributed by atoms with Gasteiger partial charge in [-0.1, -0.05) is 50.2 Å². The van der Waals surface area contributed by atoms with Crippen molar-refractivity contribution >= 4 is 40.1 Å². The molecule has 1 atom stereocenters. The maximum Gasteiger partial charge on any atom is 0.251 e. The summed E-state index contributed by atoms with van der Waals surface area (Å²) in [5.74, 6) is 0.352. The summed E-state index contributed by atoms with van der Waals surface area (Å²) < 4.78 is 0. The highest BCUT2D eigenvalue weighted by Gasteiger charge is 2.28. The summed E-state index contributed by atoms with van der Waals surface area (Å²) in [5.41, 5.74) is 2.59. The number of pyridine rings is 1. The highest BCUT2D eigenvalue weighted by molar-refractivity contribution is 5.97. The van der Waals surface area contributed by atoms with E-state index in [1.807, 2.05) is 52.2 Å². The number of aromatic nitrogens is 1. The molecule has 0 bridgehead atoms. The van der Waals surface area contributed by atoms with Gasteiger partial charge in [0.25, 0.3) is 5.91 Å². The summed E-state index contributed by atoms with van der Waals surface area (Å²) in [5, 5.41) is 10.8. The third-order valence-corrected chi connectivity index (χ3v) is 8.22. The van der Waals surface area contributed by atoms with Crippen LogP contribution in [0.3, 0.4) is 0 Å².